The summed E-state index contributed by atoms with van der Waals surface area (Å²) in [5, 5.41) is 12.8. The minimum Gasteiger partial charge on any atom is -0.399 e. The van der Waals surface area contributed by atoms with Crippen LogP contribution in [0.3, 0.4) is 0 Å². The third-order valence-electron chi connectivity index (χ3n) is 2.81. The second kappa shape index (κ2) is 6.12. The summed E-state index contributed by atoms with van der Waals surface area (Å²) >= 11 is 5.85. The summed E-state index contributed by atoms with van der Waals surface area (Å²) in [5.41, 5.74) is 8.97. The minimum atomic E-state index is 0.560. The number of hydrogen-bond donors (Lipinski definition) is 2. The van der Waals surface area contributed by atoms with Gasteiger partial charge in [-0.1, -0.05) is 23.7 Å². The number of nitrogens with one attached hydrogen (secondary N) is 1. The molecule has 19 heavy (non-hydrogen) atoms. The lowest BCUT2D eigenvalue weighted by atomic mass is 10.1. The Morgan fingerprint density at radius 1 is 1.16 bits per heavy atom. The molecule has 0 spiro atoms. The fourth-order valence-electron chi connectivity index (χ4n) is 1.79. The maximum atomic E-state index is 9.03. The Bertz CT molecular complexity index is 600. The molecule has 0 radical (unpaired) electrons. The van der Waals surface area contributed by atoms with Crippen LogP contribution < -0.4 is 11.1 Å². The normalized spacial score (nSPS) is 9.89. The lowest BCUT2D eigenvalue weighted by molar-refractivity contribution is 1.02. The van der Waals surface area contributed by atoms with Gasteiger partial charge in [0.1, 0.15) is 6.07 Å². The molecule has 0 atom stereocenters. The fourth-order valence-corrected chi connectivity index (χ4v) is 1.96. The van der Waals surface area contributed by atoms with Crippen molar-refractivity contribution < 1.29 is 0 Å². The molecule has 0 unspecified atom stereocenters. The Morgan fingerprint density at radius 2 is 1.89 bits per heavy atom. The van der Waals surface area contributed by atoms with Gasteiger partial charge in [-0.05, 0) is 42.3 Å². The van der Waals surface area contributed by atoms with E-state index in [1.807, 2.05) is 30.3 Å². The van der Waals surface area contributed by atoms with Gasteiger partial charge in [0, 0.05) is 17.3 Å². The number of anilines is 2. The Morgan fingerprint density at radius 3 is 2.58 bits per heavy atom. The van der Waals surface area contributed by atoms with Crippen molar-refractivity contribution in [1.82, 2.24) is 0 Å². The van der Waals surface area contributed by atoms with Crippen molar-refractivity contribution in [2.24, 2.45) is 0 Å². The van der Waals surface area contributed by atoms with E-state index in [1.165, 1.54) is 5.56 Å². The van der Waals surface area contributed by atoms with Gasteiger partial charge in [0.2, 0.25) is 0 Å². The molecule has 0 aromatic heterocycles. The molecule has 2 aromatic rings. The lowest BCUT2D eigenvalue weighted by Crippen LogP contribution is -2.06. The van der Waals surface area contributed by atoms with Crippen LogP contribution in [-0.4, -0.2) is 6.54 Å². The summed E-state index contributed by atoms with van der Waals surface area (Å²) in [5.74, 6) is 0. The van der Waals surface area contributed by atoms with Crippen molar-refractivity contribution in [2.75, 3.05) is 17.6 Å². The molecule has 2 rings (SSSR count). The van der Waals surface area contributed by atoms with E-state index in [1.54, 1.807) is 12.1 Å². The van der Waals surface area contributed by atoms with E-state index < -0.39 is 0 Å². The first-order valence-electron chi connectivity index (χ1n) is 5.97. The Hall–Kier alpha value is -2.18. The van der Waals surface area contributed by atoms with Crippen molar-refractivity contribution in [3.8, 4) is 6.07 Å². The molecule has 0 bridgehead atoms. The van der Waals surface area contributed by atoms with Crippen LogP contribution in [0.1, 0.15) is 11.1 Å². The first-order chi connectivity index (χ1) is 9.19. The molecule has 0 heterocycles. The highest BCUT2D eigenvalue weighted by molar-refractivity contribution is 6.30. The molecule has 2 aromatic carbocycles. The largest absolute Gasteiger partial charge is 0.399 e. The molecular weight excluding hydrogens is 258 g/mol. The maximum Gasteiger partial charge on any atom is 0.101 e. The topological polar surface area (TPSA) is 61.8 Å². The van der Waals surface area contributed by atoms with Crippen LogP contribution in [0.4, 0.5) is 11.4 Å². The number of nitrogens with zero attached hydrogens (tertiary/aromatic N) is 1. The van der Waals surface area contributed by atoms with E-state index in [-0.39, 0.29) is 0 Å². The first-order valence-corrected chi connectivity index (χ1v) is 6.35. The average Bonchev–Trinajstić information content (AvgIpc) is 2.42. The van der Waals surface area contributed by atoms with Gasteiger partial charge < -0.3 is 11.1 Å². The molecule has 0 aliphatic heterocycles. The Balaban J connectivity index is 1.96. The highest BCUT2D eigenvalue weighted by Gasteiger charge is 2.02. The fraction of sp³-hybridized carbons (Fsp3) is 0.133. The molecule has 0 fully saturated rings. The Labute approximate surface area is 117 Å². The van der Waals surface area contributed by atoms with Gasteiger partial charge in [0.25, 0.3) is 0 Å². The third-order valence-corrected chi connectivity index (χ3v) is 3.05. The minimum absolute atomic E-state index is 0.560. The van der Waals surface area contributed by atoms with Gasteiger partial charge in [-0.15, -0.1) is 0 Å². The van der Waals surface area contributed by atoms with Gasteiger partial charge in [-0.3, -0.25) is 0 Å². The van der Waals surface area contributed by atoms with Gasteiger partial charge in [-0.2, -0.15) is 5.26 Å². The summed E-state index contributed by atoms with van der Waals surface area (Å²) in [7, 11) is 0. The highest BCUT2D eigenvalue weighted by Crippen LogP contribution is 2.19. The van der Waals surface area contributed by atoms with Gasteiger partial charge in [-0.25, -0.2) is 0 Å². The molecule has 0 amide bonds. The van der Waals surface area contributed by atoms with Gasteiger partial charge >= 0.3 is 0 Å². The van der Waals surface area contributed by atoms with E-state index in [9.17, 15) is 0 Å². The molecule has 3 nitrogen and oxygen atoms in total. The maximum absolute atomic E-state index is 9.03. The number of nitriles is 1. The van der Waals surface area contributed by atoms with Crippen molar-refractivity contribution in [2.45, 2.75) is 6.42 Å². The van der Waals surface area contributed by atoms with Crippen molar-refractivity contribution in [1.29, 1.82) is 5.26 Å². The zero-order chi connectivity index (χ0) is 13.7. The van der Waals surface area contributed by atoms with E-state index in [2.05, 4.69) is 11.4 Å². The van der Waals surface area contributed by atoms with Crippen LogP contribution >= 0.6 is 11.6 Å². The third kappa shape index (κ3) is 3.64. The number of nitrogen functional groups attached to an aromatic ring is 1. The number of benzene rings is 2. The zero-order valence-corrected chi connectivity index (χ0v) is 11.1. The lowest BCUT2D eigenvalue weighted by Gasteiger charge is -2.08. The number of rotatable bonds is 4. The summed E-state index contributed by atoms with van der Waals surface area (Å²) in [6, 6.07) is 15.2. The summed E-state index contributed by atoms with van der Waals surface area (Å²) in [6.45, 7) is 0.750. The molecule has 0 aliphatic rings. The summed E-state index contributed by atoms with van der Waals surface area (Å²) in [6.07, 6.45) is 0.869. The standard InChI is InChI=1S/C15H14ClN3/c16-13-3-6-15(12(9-13)10-17)19-8-7-11-1-4-14(18)5-2-11/h1-6,9,19H,7-8,18H2. The number of hydrogen-bond acceptors (Lipinski definition) is 3. The quantitative estimate of drug-likeness (QED) is 0.837. The van der Waals surface area contributed by atoms with Crippen LogP contribution in [0.15, 0.2) is 42.5 Å². The molecule has 0 saturated carbocycles. The van der Waals surface area contributed by atoms with Gasteiger partial charge in [0.15, 0.2) is 0 Å². The molecule has 0 saturated heterocycles. The SMILES string of the molecule is N#Cc1cc(Cl)ccc1NCCc1ccc(N)cc1. The molecule has 0 aliphatic carbocycles. The molecule has 96 valence electrons. The Kier molecular flexibility index (Phi) is 4.27. The number of halogens is 1. The van der Waals surface area contributed by atoms with E-state index in [0.717, 1.165) is 24.3 Å². The highest BCUT2D eigenvalue weighted by atomic mass is 35.5. The first kappa shape index (κ1) is 13.3. The van der Waals surface area contributed by atoms with Gasteiger partial charge in [0.05, 0.1) is 11.3 Å². The molecule has 3 N–H and O–H groups in total. The van der Waals surface area contributed by atoms with Crippen molar-refractivity contribution in [3.05, 3.63) is 58.6 Å². The summed E-state index contributed by atoms with van der Waals surface area (Å²) in [4.78, 5) is 0. The molecule has 4 heteroatoms. The second-order valence-electron chi connectivity index (χ2n) is 4.22. The van der Waals surface area contributed by atoms with Crippen LogP contribution in [0.2, 0.25) is 5.02 Å². The van der Waals surface area contributed by atoms with E-state index >= 15 is 0 Å². The van der Waals surface area contributed by atoms with Crippen LogP contribution in [0.5, 0.6) is 0 Å². The average molecular weight is 272 g/mol. The van der Waals surface area contributed by atoms with Crippen LogP contribution in [0, 0.1) is 11.3 Å². The van der Waals surface area contributed by atoms with Crippen molar-refractivity contribution >= 4 is 23.0 Å². The monoisotopic (exact) mass is 271 g/mol. The predicted octanol–water partition coefficient (Wildman–Crippen LogP) is 3.45. The zero-order valence-electron chi connectivity index (χ0n) is 10.4. The number of nitrogens with two attached hydrogens (primary N) is 1. The van der Waals surface area contributed by atoms with E-state index in [4.69, 9.17) is 22.6 Å². The van der Waals surface area contributed by atoms with Crippen molar-refractivity contribution in [3.63, 3.8) is 0 Å². The summed E-state index contributed by atoms with van der Waals surface area (Å²) < 4.78 is 0. The van der Waals surface area contributed by atoms with Crippen LogP contribution in [0.25, 0.3) is 0 Å². The van der Waals surface area contributed by atoms with Crippen LogP contribution in [-0.2, 0) is 6.42 Å². The second-order valence-corrected chi connectivity index (χ2v) is 4.66. The molecular formula is C15H14ClN3. The smallest absolute Gasteiger partial charge is 0.101 e. The van der Waals surface area contributed by atoms with E-state index in [0.29, 0.717) is 10.6 Å². The predicted molar refractivity (Wildman–Crippen MR) is 79.2 cm³/mol.